The van der Waals surface area contributed by atoms with Crippen molar-refractivity contribution in [1.82, 2.24) is 4.90 Å². The smallest absolute Gasteiger partial charge is 0.137 e. The topological polar surface area (TPSA) is 20.3 Å². The van der Waals surface area contributed by atoms with Crippen LogP contribution in [0.3, 0.4) is 0 Å². The van der Waals surface area contributed by atoms with Crippen LogP contribution < -0.4 is 0 Å². The van der Waals surface area contributed by atoms with Gasteiger partial charge in [-0.2, -0.15) is 0 Å². The van der Waals surface area contributed by atoms with Crippen LogP contribution in [0, 0.1) is 5.92 Å². The highest BCUT2D eigenvalue weighted by atomic mass is 16.1. The van der Waals surface area contributed by atoms with E-state index < -0.39 is 0 Å². The fourth-order valence-electron chi connectivity index (χ4n) is 3.71. The summed E-state index contributed by atoms with van der Waals surface area (Å²) in [6.45, 7) is 5.52. The molecule has 2 heteroatoms. The monoisotopic (exact) mass is 223 g/mol. The molecule has 0 unspecified atom stereocenters. The van der Waals surface area contributed by atoms with Gasteiger partial charge >= 0.3 is 0 Å². The molecular weight excluding hydrogens is 198 g/mol. The second kappa shape index (κ2) is 5.31. The molecule has 2 aliphatic heterocycles. The molecule has 0 aromatic heterocycles. The molecule has 0 amide bonds. The molecule has 0 aromatic rings. The molecule has 0 saturated carbocycles. The number of rotatable bonds is 4. The van der Waals surface area contributed by atoms with Gasteiger partial charge in [0.25, 0.3) is 0 Å². The number of hydrogen-bond donors (Lipinski definition) is 0. The summed E-state index contributed by atoms with van der Waals surface area (Å²) >= 11 is 0. The Morgan fingerprint density at radius 3 is 2.75 bits per heavy atom. The van der Waals surface area contributed by atoms with E-state index in [1.807, 2.05) is 6.92 Å². The van der Waals surface area contributed by atoms with Gasteiger partial charge in [0.15, 0.2) is 0 Å². The molecule has 2 saturated heterocycles. The summed E-state index contributed by atoms with van der Waals surface area (Å²) in [7, 11) is 0. The molecule has 16 heavy (non-hydrogen) atoms. The fourth-order valence-corrected chi connectivity index (χ4v) is 3.71. The van der Waals surface area contributed by atoms with Crippen molar-refractivity contribution in [2.45, 2.75) is 70.9 Å². The van der Waals surface area contributed by atoms with Crippen LogP contribution in [-0.4, -0.2) is 29.3 Å². The van der Waals surface area contributed by atoms with Crippen LogP contribution in [-0.2, 0) is 4.79 Å². The lowest BCUT2D eigenvalue weighted by Crippen LogP contribution is -2.49. The summed E-state index contributed by atoms with van der Waals surface area (Å²) in [6.07, 6.45) is 8.30. The van der Waals surface area contributed by atoms with Crippen molar-refractivity contribution in [3.05, 3.63) is 0 Å². The highest BCUT2D eigenvalue weighted by Gasteiger charge is 2.41. The van der Waals surface area contributed by atoms with Gasteiger partial charge in [0.2, 0.25) is 0 Å². The van der Waals surface area contributed by atoms with E-state index in [9.17, 15) is 4.79 Å². The molecule has 0 radical (unpaired) electrons. The van der Waals surface area contributed by atoms with Crippen LogP contribution in [0.5, 0.6) is 0 Å². The molecule has 2 rings (SSSR count). The number of Topliss-reactive ketones (excluding diaryl/α,β-unsaturated/α-hetero) is 1. The van der Waals surface area contributed by atoms with E-state index >= 15 is 0 Å². The van der Waals surface area contributed by atoms with Crippen molar-refractivity contribution >= 4 is 5.78 Å². The van der Waals surface area contributed by atoms with E-state index in [0.717, 1.165) is 18.9 Å². The Balaban J connectivity index is 2.05. The van der Waals surface area contributed by atoms with Gasteiger partial charge in [0.1, 0.15) is 5.78 Å². The second-order valence-corrected chi connectivity index (χ2v) is 5.39. The predicted octanol–water partition coefficient (Wildman–Crippen LogP) is 3.01. The largest absolute Gasteiger partial charge is 0.299 e. The first-order valence-corrected chi connectivity index (χ1v) is 7.06. The summed E-state index contributed by atoms with van der Waals surface area (Å²) in [6, 6.07) is 1.37. The molecule has 2 aliphatic rings. The van der Waals surface area contributed by atoms with E-state index in [-0.39, 0.29) is 0 Å². The average molecular weight is 223 g/mol. The fraction of sp³-hybridized carbons (Fsp3) is 0.929. The van der Waals surface area contributed by atoms with Crippen molar-refractivity contribution in [1.29, 1.82) is 0 Å². The molecule has 0 spiro atoms. The van der Waals surface area contributed by atoms with Crippen molar-refractivity contribution < 1.29 is 4.79 Å². The van der Waals surface area contributed by atoms with Crippen molar-refractivity contribution in [3.8, 4) is 0 Å². The maximum atomic E-state index is 11.9. The number of hydrogen-bond acceptors (Lipinski definition) is 2. The van der Waals surface area contributed by atoms with Crippen LogP contribution in [0.4, 0.5) is 0 Å². The Hall–Kier alpha value is -0.370. The lowest BCUT2D eigenvalue weighted by molar-refractivity contribution is -0.126. The van der Waals surface area contributed by atoms with Crippen LogP contribution in [0.25, 0.3) is 0 Å². The second-order valence-electron chi connectivity index (χ2n) is 5.39. The minimum Gasteiger partial charge on any atom is -0.299 e. The number of fused-ring (bicyclic) bond motifs is 1. The lowest BCUT2D eigenvalue weighted by Gasteiger charge is -2.42. The van der Waals surface area contributed by atoms with E-state index in [4.69, 9.17) is 0 Å². The first kappa shape index (κ1) is 12.1. The Morgan fingerprint density at radius 2 is 2.06 bits per heavy atom. The van der Waals surface area contributed by atoms with Crippen molar-refractivity contribution in [2.75, 3.05) is 6.54 Å². The van der Waals surface area contributed by atoms with Crippen LogP contribution >= 0.6 is 0 Å². The summed E-state index contributed by atoms with van der Waals surface area (Å²) in [5.41, 5.74) is 0. The van der Waals surface area contributed by atoms with Crippen LogP contribution in [0.15, 0.2) is 0 Å². The molecule has 0 N–H and O–H groups in total. The Morgan fingerprint density at radius 1 is 1.25 bits per heavy atom. The maximum absolute atomic E-state index is 11.9. The third-order valence-electron chi connectivity index (χ3n) is 4.47. The number of ketones is 1. The van der Waals surface area contributed by atoms with Gasteiger partial charge in [0, 0.05) is 24.4 Å². The Bertz CT molecular complexity index is 251. The molecule has 92 valence electrons. The maximum Gasteiger partial charge on any atom is 0.137 e. The number of nitrogens with zero attached hydrogens (tertiary/aromatic N) is 1. The quantitative estimate of drug-likeness (QED) is 0.730. The first-order chi connectivity index (χ1) is 7.77. The van der Waals surface area contributed by atoms with E-state index in [2.05, 4.69) is 11.8 Å². The zero-order valence-electron chi connectivity index (χ0n) is 10.7. The first-order valence-electron chi connectivity index (χ1n) is 7.06. The number of piperidine rings is 1. The molecule has 0 bridgehead atoms. The van der Waals surface area contributed by atoms with Crippen molar-refractivity contribution in [3.63, 3.8) is 0 Å². The summed E-state index contributed by atoms with van der Waals surface area (Å²) in [4.78, 5) is 14.6. The van der Waals surface area contributed by atoms with Crippen molar-refractivity contribution in [2.24, 2.45) is 5.92 Å². The molecule has 2 heterocycles. The Labute approximate surface area is 99.4 Å². The lowest BCUT2D eigenvalue weighted by atomic mass is 9.81. The van der Waals surface area contributed by atoms with E-state index in [1.165, 1.54) is 38.6 Å². The van der Waals surface area contributed by atoms with Crippen LogP contribution in [0.2, 0.25) is 0 Å². The van der Waals surface area contributed by atoms with Gasteiger partial charge in [-0.1, -0.05) is 20.3 Å². The van der Waals surface area contributed by atoms with E-state index in [1.54, 1.807) is 0 Å². The number of carbonyl (C=O) groups excluding carboxylic acids is 1. The van der Waals surface area contributed by atoms with E-state index in [0.29, 0.717) is 17.7 Å². The zero-order valence-corrected chi connectivity index (χ0v) is 10.7. The average Bonchev–Trinajstić information content (AvgIpc) is 2.78. The minimum atomic E-state index is 0.362. The van der Waals surface area contributed by atoms with Gasteiger partial charge in [-0.25, -0.2) is 0 Å². The van der Waals surface area contributed by atoms with Gasteiger partial charge < -0.3 is 0 Å². The third-order valence-corrected chi connectivity index (χ3v) is 4.47. The number of carbonyl (C=O) groups is 1. The molecular formula is C14H25NO. The highest BCUT2D eigenvalue weighted by Crippen LogP contribution is 2.37. The van der Waals surface area contributed by atoms with Crippen LogP contribution in [0.1, 0.15) is 58.8 Å². The highest BCUT2D eigenvalue weighted by molar-refractivity contribution is 5.81. The van der Waals surface area contributed by atoms with Gasteiger partial charge in [-0.05, 0) is 38.6 Å². The molecule has 2 nitrogen and oxygen atoms in total. The summed E-state index contributed by atoms with van der Waals surface area (Å²) in [5.74, 6) is 0.868. The Kier molecular flexibility index (Phi) is 4.01. The zero-order chi connectivity index (χ0) is 11.5. The minimum absolute atomic E-state index is 0.362. The standard InChI is InChI=1S/C14H25NO/c1-3-6-11-8-9-12(14(16)4-2)13-7-5-10-15(11)13/h11-13H,3-10H2,1-2H3/t11-,12+,13+/m1/s1. The molecule has 0 aromatic carbocycles. The summed E-state index contributed by atoms with van der Waals surface area (Å²) < 4.78 is 0. The summed E-state index contributed by atoms with van der Waals surface area (Å²) in [5, 5.41) is 0. The SMILES string of the molecule is CCC[C@@H]1CC[C@H](C(=O)CC)[C@@H]2CCCN12. The van der Waals surface area contributed by atoms with Gasteiger partial charge in [-0.3, -0.25) is 9.69 Å². The normalized spacial score (nSPS) is 35.0. The molecule has 0 aliphatic carbocycles. The van der Waals surface area contributed by atoms with Gasteiger partial charge in [0.05, 0.1) is 0 Å². The molecule has 2 fully saturated rings. The third kappa shape index (κ3) is 2.17. The predicted molar refractivity (Wildman–Crippen MR) is 66.4 cm³/mol. The van der Waals surface area contributed by atoms with Gasteiger partial charge in [-0.15, -0.1) is 0 Å². The molecule has 3 atom stereocenters.